The molecule has 0 N–H and O–H groups in total. The summed E-state index contributed by atoms with van der Waals surface area (Å²) in [7, 11) is 0. The lowest BCUT2D eigenvalue weighted by Crippen LogP contribution is -2.31. The molecule has 1 saturated heterocycles. The Morgan fingerprint density at radius 2 is 1.78 bits per heavy atom. The first-order valence-electron chi connectivity index (χ1n) is 7.97. The minimum atomic E-state index is -0.0531. The Balaban J connectivity index is 1.55. The quantitative estimate of drug-likeness (QED) is 0.852. The van der Waals surface area contributed by atoms with E-state index in [0.29, 0.717) is 23.0 Å². The van der Waals surface area contributed by atoms with Crippen LogP contribution in [0.2, 0.25) is 0 Å². The third-order valence-electron chi connectivity index (χ3n) is 4.28. The molecule has 6 heteroatoms. The van der Waals surface area contributed by atoms with Gasteiger partial charge < -0.3 is 18.9 Å². The van der Waals surface area contributed by atoms with Crippen molar-refractivity contribution in [1.82, 2.24) is 10.1 Å². The topological polar surface area (TPSA) is 64.8 Å². The molecule has 1 fully saturated rings. The van der Waals surface area contributed by atoms with E-state index in [9.17, 15) is 4.79 Å². The summed E-state index contributed by atoms with van der Waals surface area (Å²) in [5, 5.41) is 3.95. The molecule has 2 aromatic rings. The van der Waals surface area contributed by atoms with Crippen LogP contribution >= 0.6 is 0 Å². The lowest BCUT2D eigenvalue weighted by molar-refractivity contribution is 0.0751. The largest absolute Gasteiger partial charge is 0.454 e. The van der Waals surface area contributed by atoms with Gasteiger partial charge in [0.25, 0.3) is 5.91 Å². The van der Waals surface area contributed by atoms with E-state index in [2.05, 4.69) is 5.16 Å². The van der Waals surface area contributed by atoms with Crippen molar-refractivity contribution in [3.05, 3.63) is 30.0 Å². The second-order valence-electron chi connectivity index (χ2n) is 5.85. The Kier molecular flexibility index (Phi) is 3.65. The molecule has 1 aromatic heterocycles. The van der Waals surface area contributed by atoms with Crippen LogP contribution in [0.1, 0.15) is 36.2 Å². The van der Waals surface area contributed by atoms with Crippen LogP contribution in [0, 0.1) is 0 Å². The van der Waals surface area contributed by atoms with Crippen LogP contribution in [0.15, 0.2) is 28.8 Å². The molecule has 2 aliphatic rings. The molecule has 1 amide bonds. The summed E-state index contributed by atoms with van der Waals surface area (Å²) in [5.41, 5.74) is 1.18. The maximum Gasteiger partial charge on any atom is 0.276 e. The zero-order valence-corrected chi connectivity index (χ0v) is 12.8. The van der Waals surface area contributed by atoms with E-state index in [4.69, 9.17) is 14.0 Å². The van der Waals surface area contributed by atoms with E-state index < -0.39 is 0 Å². The van der Waals surface area contributed by atoms with Crippen LogP contribution in [-0.4, -0.2) is 35.8 Å². The third-order valence-corrected chi connectivity index (χ3v) is 4.28. The van der Waals surface area contributed by atoms with Crippen molar-refractivity contribution >= 4 is 5.91 Å². The fourth-order valence-corrected chi connectivity index (χ4v) is 3.00. The molecule has 3 heterocycles. The molecule has 4 rings (SSSR count). The lowest BCUT2D eigenvalue weighted by Gasteiger charge is -2.18. The van der Waals surface area contributed by atoms with Gasteiger partial charge in [-0.2, -0.15) is 0 Å². The van der Waals surface area contributed by atoms with E-state index in [1.165, 1.54) is 12.8 Å². The minimum absolute atomic E-state index is 0.0531. The molecule has 2 aliphatic heterocycles. The highest BCUT2D eigenvalue weighted by molar-refractivity contribution is 5.93. The predicted octanol–water partition coefficient (Wildman–Crippen LogP) is 3.09. The molecule has 23 heavy (non-hydrogen) atoms. The molecule has 6 nitrogen and oxygen atoms in total. The van der Waals surface area contributed by atoms with Gasteiger partial charge in [0.05, 0.1) is 0 Å². The Labute approximate surface area is 134 Å². The minimum Gasteiger partial charge on any atom is -0.454 e. The third kappa shape index (κ3) is 2.76. The summed E-state index contributed by atoms with van der Waals surface area (Å²) >= 11 is 0. The Bertz CT molecular complexity index is 717. The van der Waals surface area contributed by atoms with E-state index in [1.807, 2.05) is 23.1 Å². The number of aromatic nitrogens is 1. The number of fused-ring (bicyclic) bond motifs is 1. The van der Waals surface area contributed by atoms with Crippen LogP contribution in [0.3, 0.4) is 0 Å². The number of amides is 1. The zero-order chi connectivity index (χ0) is 15.6. The summed E-state index contributed by atoms with van der Waals surface area (Å²) in [6.45, 7) is 1.82. The number of nitrogens with zero attached hydrogens (tertiary/aromatic N) is 2. The number of rotatable bonds is 2. The SMILES string of the molecule is O=C(c1cc(-c2ccc3c(c2)OCO3)on1)N1CCCCCC1. The van der Waals surface area contributed by atoms with E-state index in [-0.39, 0.29) is 12.7 Å². The molecule has 0 atom stereocenters. The molecule has 0 spiro atoms. The highest BCUT2D eigenvalue weighted by atomic mass is 16.7. The average molecular weight is 314 g/mol. The first-order chi connectivity index (χ1) is 11.3. The van der Waals surface area contributed by atoms with Crippen molar-refractivity contribution in [3.8, 4) is 22.8 Å². The standard InChI is InChI=1S/C17H18N2O4/c20-17(19-7-3-1-2-4-8-19)13-10-15(23-18-13)12-5-6-14-16(9-12)22-11-21-14/h5-6,9-10H,1-4,7-8,11H2. The van der Waals surface area contributed by atoms with Crippen molar-refractivity contribution in [2.24, 2.45) is 0 Å². The molecule has 0 unspecified atom stereocenters. The Morgan fingerprint density at radius 1 is 1.00 bits per heavy atom. The van der Waals surface area contributed by atoms with Gasteiger partial charge in [-0.15, -0.1) is 0 Å². The summed E-state index contributed by atoms with van der Waals surface area (Å²) in [6, 6.07) is 7.23. The number of hydrogen-bond donors (Lipinski definition) is 0. The molecule has 0 aliphatic carbocycles. The fourth-order valence-electron chi connectivity index (χ4n) is 3.00. The monoisotopic (exact) mass is 314 g/mol. The first-order valence-corrected chi connectivity index (χ1v) is 7.97. The average Bonchev–Trinajstić information content (AvgIpc) is 3.16. The van der Waals surface area contributed by atoms with Gasteiger partial charge in [-0.25, -0.2) is 0 Å². The molecule has 0 radical (unpaired) electrons. The van der Waals surface area contributed by atoms with Gasteiger partial charge in [0, 0.05) is 24.7 Å². The molecular weight excluding hydrogens is 296 g/mol. The zero-order valence-electron chi connectivity index (χ0n) is 12.8. The van der Waals surface area contributed by atoms with Crippen molar-refractivity contribution < 1.29 is 18.8 Å². The number of benzene rings is 1. The van der Waals surface area contributed by atoms with Gasteiger partial charge in [0.15, 0.2) is 23.0 Å². The van der Waals surface area contributed by atoms with Gasteiger partial charge in [-0.05, 0) is 31.0 Å². The van der Waals surface area contributed by atoms with Crippen molar-refractivity contribution in [1.29, 1.82) is 0 Å². The second kappa shape index (κ2) is 5.95. The fraction of sp³-hybridized carbons (Fsp3) is 0.412. The van der Waals surface area contributed by atoms with Crippen LogP contribution in [0.25, 0.3) is 11.3 Å². The summed E-state index contributed by atoms with van der Waals surface area (Å²) in [6.07, 6.45) is 4.48. The highest BCUT2D eigenvalue weighted by Crippen LogP contribution is 2.36. The van der Waals surface area contributed by atoms with Gasteiger partial charge in [0.1, 0.15) is 0 Å². The maximum atomic E-state index is 12.5. The van der Waals surface area contributed by atoms with Crippen molar-refractivity contribution in [2.75, 3.05) is 19.9 Å². The smallest absolute Gasteiger partial charge is 0.276 e. The summed E-state index contributed by atoms with van der Waals surface area (Å²) < 4.78 is 16.0. The van der Waals surface area contributed by atoms with E-state index in [0.717, 1.165) is 31.5 Å². The highest BCUT2D eigenvalue weighted by Gasteiger charge is 2.22. The Hall–Kier alpha value is -2.50. The van der Waals surface area contributed by atoms with Crippen LogP contribution in [0.5, 0.6) is 11.5 Å². The predicted molar refractivity (Wildman–Crippen MR) is 82.4 cm³/mol. The van der Waals surface area contributed by atoms with Gasteiger partial charge >= 0.3 is 0 Å². The first kappa shape index (κ1) is 14.1. The number of carbonyl (C=O) groups excluding carboxylic acids is 1. The molecule has 0 bridgehead atoms. The van der Waals surface area contributed by atoms with Crippen molar-refractivity contribution in [3.63, 3.8) is 0 Å². The molecule has 1 aromatic carbocycles. The normalized spacial score (nSPS) is 17.1. The van der Waals surface area contributed by atoms with Gasteiger partial charge in [-0.3, -0.25) is 4.79 Å². The maximum absolute atomic E-state index is 12.5. The van der Waals surface area contributed by atoms with Gasteiger partial charge in [-0.1, -0.05) is 18.0 Å². The number of ether oxygens (including phenoxy) is 2. The van der Waals surface area contributed by atoms with Gasteiger partial charge in [0.2, 0.25) is 6.79 Å². The summed E-state index contributed by atoms with van der Waals surface area (Å²) in [4.78, 5) is 14.4. The van der Waals surface area contributed by atoms with E-state index >= 15 is 0 Å². The molecule has 120 valence electrons. The lowest BCUT2D eigenvalue weighted by atomic mass is 10.1. The summed E-state index contributed by atoms with van der Waals surface area (Å²) in [5.74, 6) is 1.90. The van der Waals surface area contributed by atoms with E-state index in [1.54, 1.807) is 6.07 Å². The van der Waals surface area contributed by atoms with Crippen LogP contribution in [0.4, 0.5) is 0 Å². The molecule has 0 saturated carbocycles. The number of carbonyl (C=O) groups is 1. The van der Waals surface area contributed by atoms with Crippen LogP contribution < -0.4 is 9.47 Å². The number of hydrogen-bond acceptors (Lipinski definition) is 5. The number of likely N-dealkylation sites (tertiary alicyclic amines) is 1. The second-order valence-corrected chi connectivity index (χ2v) is 5.85. The van der Waals surface area contributed by atoms with Crippen LogP contribution in [-0.2, 0) is 0 Å². The Morgan fingerprint density at radius 3 is 2.61 bits per heavy atom. The van der Waals surface area contributed by atoms with Crippen molar-refractivity contribution in [2.45, 2.75) is 25.7 Å². The molecular formula is C17H18N2O4.